The second-order valence-corrected chi connectivity index (χ2v) is 7.23. The normalized spacial score (nSPS) is 17.2. The molecule has 1 fully saturated rings. The van der Waals surface area contributed by atoms with Crippen LogP contribution >= 0.6 is 0 Å². The van der Waals surface area contributed by atoms with Gasteiger partial charge in [-0.15, -0.1) is 10.2 Å². The zero-order chi connectivity index (χ0) is 20.5. The molecule has 3 aromatic rings. The first kappa shape index (κ1) is 18.4. The highest BCUT2D eigenvalue weighted by molar-refractivity contribution is 5.95. The Morgan fingerprint density at radius 1 is 1.07 bits per heavy atom. The first-order chi connectivity index (χ1) is 14.7. The van der Waals surface area contributed by atoms with E-state index < -0.39 is 0 Å². The fourth-order valence-corrected chi connectivity index (χ4v) is 3.70. The van der Waals surface area contributed by atoms with Crippen LogP contribution < -0.4 is 19.7 Å². The fourth-order valence-electron chi connectivity index (χ4n) is 3.70. The summed E-state index contributed by atoms with van der Waals surface area (Å²) in [7, 11) is 0. The monoisotopic (exact) mass is 406 g/mol. The van der Waals surface area contributed by atoms with Crippen molar-refractivity contribution >= 4 is 11.7 Å². The fraction of sp³-hybridized carbons (Fsp3) is 0.227. The number of benzene rings is 2. The summed E-state index contributed by atoms with van der Waals surface area (Å²) in [5.74, 6) is 1.46. The average molecular weight is 406 g/mol. The van der Waals surface area contributed by atoms with Crippen LogP contribution in [0, 0.1) is 5.82 Å². The van der Waals surface area contributed by atoms with E-state index in [1.807, 2.05) is 6.07 Å². The molecule has 2 aromatic carbocycles. The second-order valence-electron chi connectivity index (χ2n) is 7.23. The number of nitrogens with one attached hydrogen (secondary N) is 1. The lowest BCUT2D eigenvalue weighted by Crippen LogP contribution is -2.37. The highest BCUT2D eigenvalue weighted by atomic mass is 19.1. The third-order valence-corrected chi connectivity index (χ3v) is 5.28. The average Bonchev–Trinajstić information content (AvgIpc) is 3.43. The van der Waals surface area contributed by atoms with Gasteiger partial charge in [-0.3, -0.25) is 4.79 Å². The maximum absolute atomic E-state index is 13.9. The number of fused-ring (bicyclic) bond motifs is 1. The van der Waals surface area contributed by atoms with Gasteiger partial charge in [-0.05, 0) is 48.9 Å². The minimum absolute atomic E-state index is 0.00373. The van der Waals surface area contributed by atoms with Crippen LogP contribution in [0.5, 0.6) is 11.5 Å². The Kier molecular flexibility index (Phi) is 4.66. The van der Waals surface area contributed by atoms with Crippen molar-refractivity contribution in [3.8, 4) is 22.8 Å². The van der Waals surface area contributed by atoms with Crippen LogP contribution in [0.2, 0.25) is 0 Å². The van der Waals surface area contributed by atoms with E-state index >= 15 is 0 Å². The van der Waals surface area contributed by atoms with Crippen molar-refractivity contribution in [2.45, 2.75) is 12.5 Å². The number of rotatable bonds is 4. The largest absolute Gasteiger partial charge is 0.454 e. The van der Waals surface area contributed by atoms with Gasteiger partial charge in [0.05, 0.1) is 5.69 Å². The molecule has 152 valence electrons. The number of hydrogen-bond acceptors (Lipinski definition) is 6. The highest BCUT2D eigenvalue weighted by Gasteiger charge is 2.26. The molecule has 0 bridgehead atoms. The molecule has 0 aliphatic carbocycles. The maximum atomic E-state index is 13.9. The SMILES string of the molecule is O=C(N[C@@H]1CCN(c2ccc(-c3ccccc3F)nn2)C1)c1ccc2c(c1)OCO2. The van der Waals surface area contributed by atoms with Gasteiger partial charge in [0, 0.05) is 30.3 Å². The summed E-state index contributed by atoms with van der Waals surface area (Å²) in [6.45, 7) is 1.55. The number of ether oxygens (including phenoxy) is 2. The number of nitrogens with zero attached hydrogens (tertiary/aromatic N) is 3. The van der Waals surface area contributed by atoms with E-state index in [1.165, 1.54) is 6.07 Å². The Bertz CT molecular complexity index is 1090. The third kappa shape index (κ3) is 3.52. The summed E-state index contributed by atoms with van der Waals surface area (Å²) in [5.41, 5.74) is 1.45. The van der Waals surface area contributed by atoms with Gasteiger partial charge in [0.1, 0.15) is 5.82 Å². The lowest BCUT2D eigenvalue weighted by molar-refractivity contribution is 0.0940. The topological polar surface area (TPSA) is 76.6 Å². The van der Waals surface area contributed by atoms with Crippen LogP contribution in [0.4, 0.5) is 10.2 Å². The Hall–Kier alpha value is -3.68. The summed E-state index contributed by atoms with van der Waals surface area (Å²) in [4.78, 5) is 14.6. The summed E-state index contributed by atoms with van der Waals surface area (Å²) in [6, 6.07) is 15.2. The molecule has 3 heterocycles. The van der Waals surface area contributed by atoms with Crippen LogP contribution in [-0.4, -0.2) is 42.0 Å². The molecular formula is C22H19FN4O3. The lowest BCUT2D eigenvalue weighted by atomic mass is 10.1. The predicted molar refractivity (Wildman–Crippen MR) is 108 cm³/mol. The van der Waals surface area contributed by atoms with Crippen molar-refractivity contribution in [2.24, 2.45) is 0 Å². The molecule has 0 radical (unpaired) electrons. The van der Waals surface area contributed by atoms with Crippen molar-refractivity contribution in [2.75, 3.05) is 24.8 Å². The smallest absolute Gasteiger partial charge is 0.251 e. The van der Waals surface area contributed by atoms with E-state index in [4.69, 9.17) is 9.47 Å². The molecule has 5 rings (SSSR count). The number of aromatic nitrogens is 2. The zero-order valence-corrected chi connectivity index (χ0v) is 16.0. The molecule has 1 atom stereocenters. The van der Waals surface area contributed by atoms with Gasteiger partial charge < -0.3 is 19.7 Å². The van der Waals surface area contributed by atoms with Crippen molar-refractivity contribution in [3.05, 3.63) is 66.0 Å². The van der Waals surface area contributed by atoms with Crippen molar-refractivity contribution in [1.29, 1.82) is 0 Å². The van der Waals surface area contributed by atoms with Crippen LogP contribution in [0.3, 0.4) is 0 Å². The molecule has 0 spiro atoms. The maximum Gasteiger partial charge on any atom is 0.251 e. The molecule has 1 amide bonds. The van der Waals surface area contributed by atoms with Gasteiger partial charge in [-0.2, -0.15) is 0 Å². The number of carbonyl (C=O) groups excluding carboxylic acids is 1. The van der Waals surface area contributed by atoms with E-state index in [1.54, 1.807) is 42.5 Å². The molecule has 7 nitrogen and oxygen atoms in total. The zero-order valence-electron chi connectivity index (χ0n) is 16.0. The van der Waals surface area contributed by atoms with Gasteiger partial charge in [-0.1, -0.05) is 12.1 Å². The van der Waals surface area contributed by atoms with Crippen LogP contribution in [-0.2, 0) is 0 Å². The van der Waals surface area contributed by atoms with Crippen LogP contribution in [0.15, 0.2) is 54.6 Å². The molecule has 1 N–H and O–H groups in total. The molecule has 0 saturated carbocycles. The first-order valence-electron chi connectivity index (χ1n) is 9.71. The lowest BCUT2D eigenvalue weighted by Gasteiger charge is -2.17. The molecule has 2 aliphatic heterocycles. The minimum Gasteiger partial charge on any atom is -0.454 e. The van der Waals surface area contributed by atoms with Crippen LogP contribution in [0.25, 0.3) is 11.3 Å². The van der Waals surface area contributed by atoms with Gasteiger partial charge in [0.2, 0.25) is 6.79 Å². The molecule has 1 saturated heterocycles. The Morgan fingerprint density at radius 2 is 1.93 bits per heavy atom. The summed E-state index contributed by atoms with van der Waals surface area (Å²) in [6.07, 6.45) is 0.799. The molecule has 30 heavy (non-hydrogen) atoms. The molecular weight excluding hydrogens is 387 g/mol. The molecule has 1 aromatic heterocycles. The van der Waals surface area contributed by atoms with E-state index in [-0.39, 0.29) is 24.6 Å². The van der Waals surface area contributed by atoms with Gasteiger partial charge >= 0.3 is 0 Å². The molecule has 2 aliphatic rings. The Labute approximate surface area is 172 Å². The van der Waals surface area contributed by atoms with E-state index in [9.17, 15) is 9.18 Å². The molecule has 8 heteroatoms. The van der Waals surface area contributed by atoms with E-state index in [0.29, 0.717) is 40.7 Å². The number of anilines is 1. The van der Waals surface area contributed by atoms with Crippen LogP contribution in [0.1, 0.15) is 16.8 Å². The second kappa shape index (κ2) is 7.62. The van der Waals surface area contributed by atoms with Crippen molar-refractivity contribution < 1.29 is 18.7 Å². The number of carbonyl (C=O) groups is 1. The van der Waals surface area contributed by atoms with Gasteiger partial charge in [-0.25, -0.2) is 4.39 Å². The summed E-state index contributed by atoms with van der Waals surface area (Å²) >= 11 is 0. The standard InChI is InChI=1S/C22H19FN4O3/c23-17-4-2-1-3-16(17)18-6-8-21(26-25-18)27-10-9-15(12-27)24-22(28)14-5-7-19-20(11-14)30-13-29-19/h1-8,11,15H,9-10,12-13H2,(H,24,28)/t15-/m1/s1. The van der Waals surface area contributed by atoms with Crippen molar-refractivity contribution in [3.63, 3.8) is 0 Å². The van der Waals surface area contributed by atoms with Gasteiger partial charge in [0.15, 0.2) is 17.3 Å². The first-order valence-corrected chi connectivity index (χ1v) is 9.71. The Balaban J connectivity index is 1.22. The summed E-state index contributed by atoms with van der Waals surface area (Å²) < 4.78 is 24.5. The molecule has 0 unspecified atom stereocenters. The van der Waals surface area contributed by atoms with E-state index in [2.05, 4.69) is 20.4 Å². The van der Waals surface area contributed by atoms with Gasteiger partial charge in [0.25, 0.3) is 5.91 Å². The number of halogens is 1. The Morgan fingerprint density at radius 3 is 2.77 bits per heavy atom. The third-order valence-electron chi connectivity index (χ3n) is 5.28. The quantitative estimate of drug-likeness (QED) is 0.718. The minimum atomic E-state index is -0.327. The van der Waals surface area contributed by atoms with E-state index in [0.717, 1.165) is 13.0 Å². The predicted octanol–water partition coefficient (Wildman–Crippen LogP) is 3.02. The highest BCUT2D eigenvalue weighted by Crippen LogP contribution is 2.32. The summed E-state index contributed by atoms with van der Waals surface area (Å²) in [5, 5.41) is 11.5. The number of amides is 1. The van der Waals surface area contributed by atoms with Crippen molar-refractivity contribution in [1.82, 2.24) is 15.5 Å². The number of hydrogen-bond donors (Lipinski definition) is 1.